The second-order valence-corrected chi connectivity index (χ2v) is 13.9. The summed E-state index contributed by atoms with van der Waals surface area (Å²) in [5, 5.41) is 24.0. The zero-order valence-corrected chi connectivity index (χ0v) is 29.0. The Bertz CT molecular complexity index is 1930. The van der Waals surface area contributed by atoms with Gasteiger partial charge in [0.05, 0.1) is 35.3 Å². The first-order chi connectivity index (χ1) is 24.7. The van der Waals surface area contributed by atoms with E-state index in [9.17, 15) is 36.3 Å². The van der Waals surface area contributed by atoms with Gasteiger partial charge in [-0.2, -0.15) is 13.2 Å². The van der Waals surface area contributed by atoms with Crippen LogP contribution < -0.4 is 19.8 Å². The maximum absolute atomic E-state index is 14.0. The SMILES string of the molecule is CS(=O)(=O)N(c1ccccc1)c1cc(C(=O)N[C@@H](Cc2ccccc2)[C@H](O)CNCc2cccc(C(F)(F)F)c2)cc(N2CCCC2=O)c1.O=CO. The Morgan fingerprint density at radius 1 is 0.942 bits per heavy atom. The lowest BCUT2D eigenvalue weighted by Gasteiger charge is -2.27. The van der Waals surface area contributed by atoms with Crippen molar-refractivity contribution in [1.29, 1.82) is 0 Å². The van der Waals surface area contributed by atoms with E-state index in [1.54, 1.807) is 42.5 Å². The van der Waals surface area contributed by atoms with Gasteiger partial charge in [0.15, 0.2) is 0 Å². The molecule has 0 saturated carbocycles. The second-order valence-electron chi connectivity index (χ2n) is 12.0. The normalized spacial score (nSPS) is 14.2. The smallest absolute Gasteiger partial charge is 0.416 e. The number of carbonyl (C=O) groups excluding carboxylic acids is 2. The van der Waals surface area contributed by atoms with E-state index in [1.807, 2.05) is 30.3 Å². The van der Waals surface area contributed by atoms with E-state index in [2.05, 4.69) is 10.6 Å². The van der Waals surface area contributed by atoms with E-state index < -0.39 is 39.8 Å². The van der Waals surface area contributed by atoms with Gasteiger partial charge in [0.25, 0.3) is 12.4 Å². The third-order valence-corrected chi connectivity index (χ3v) is 9.21. The summed E-state index contributed by atoms with van der Waals surface area (Å²) in [5.74, 6) is -0.771. The maximum atomic E-state index is 14.0. The third kappa shape index (κ3) is 10.9. The Morgan fingerprint density at radius 2 is 1.58 bits per heavy atom. The van der Waals surface area contributed by atoms with Crippen LogP contribution in [0.3, 0.4) is 0 Å². The molecule has 2 atom stereocenters. The average Bonchev–Trinajstić information content (AvgIpc) is 3.54. The molecule has 1 fully saturated rings. The molecule has 0 aliphatic carbocycles. The third-order valence-electron chi connectivity index (χ3n) is 8.12. The van der Waals surface area contributed by atoms with Gasteiger partial charge in [-0.1, -0.05) is 66.7 Å². The van der Waals surface area contributed by atoms with Crippen molar-refractivity contribution in [2.75, 3.05) is 28.6 Å². The van der Waals surface area contributed by atoms with Crippen molar-refractivity contribution >= 4 is 45.4 Å². The van der Waals surface area contributed by atoms with Gasteiger partial charge in [0.1, 0.15) is 0 Å². The highest BCUT2D eigenvalue weighted by molar-refractivity contribution is 7.92. The Hall–Kier alpha value is -5.25. The molecule has 1 aliphatic heterocycles. The molecule has 15 heteroatoms. The molecule has 4 N–H and O–H groups in total. The van der Waals surface area contributed by atoms with E-state index in [0.717, 1.165) is 28.3 Å². The molecule has 1 heterocycles. The maximum Gasteiger partial charge on any atom is 0.416 e. The Kier molecular flexibility index (Phi) is 13.5. The predicted octanol–water partition coefficient (Wildman–Crippen LogP) is 5.12. The number of carboxylic acid groups (broad SMARTS) is 1. The Balaban J connectivity index is 0.00000195. The van der Waals surface area contributed by atoms with Crippen molar-refractivity contribution in [2.45, 2.75) is 44.1 Å². The van der Waals surface area contributed by atoms with Crippen LogP contribution in [0.2, 0.25) is 0 Å². The fraction of sp³-hybridized carbons (Fsp3) is 0.270. The minimum Gasteiger partial charge on any atom is -0.483 e. The van der Waals surface area contributed by atoms with Crippen LogP contribution in [0.1, 0.15) is 39.9 Å². The summed E-state index contributed by atoms with van der Waals surface area (Å²) in [6.07, 6.45) is -3.47. The van der Waals surface area contributed by atoms with E-state index >= 15 is 0 Å². The highest BCUT2D eigenvalue weighted by atomic mass is 32.2. The van der Waals surface area contributed by atoms with Gasteiger partial charge in [0, 0.05) is 37.3 Å². The standard InChI is InChI=1S/C36H37F3N4O5S.CH2O2/c1-49(47,48)43(29-14-6-3-7-15-29)31-21-27(20-30(22-31)42-17-9-16-34(42)45)35(46)41-32(19-25-10-4-2-5-11-25)33(44)24-40-23-26-12-8-13-28(18-26)36(37,38)39;2-1-3/h2-8,10-15,18,20-22,32-33,40,44H,9,16-17,19,23-24H2,1H3,(H,41,46);1H,(H,2,3)/t32-,33+;/m0./s1. The lowest BCUT2D eigenvalue weighted by molar-refractivity contribution is -0.137. The number of aliphatic hydroxyl groups excluding tert-OH is 1. The second kappa shape index (κ2) is 17.8. The number of nitrogens with one attached hydrogen (secondary N) is 2. The van der Waals surface area contributed by atoms with Crippen molar-refractivity contribution < 1.29 is 46.2 Å². The van der Waals surface area contributed by atoms with Crippen LogP contribution in [-0.2, 0) is 38.8 Å². The van der Waals surface area contributed by atoms with Gasteiger partial charge in [-0.25, -0.2) is 12.7 Å². The number of alkyl halides is 3. The van der Waals surface area contributed by atoms with Crippen LogP contribution in [0.4, 0.5) is 30.2 Å². The minimum absolute atomic E-state index is 0.0447. The molecule has 52 heavy (non-hydrogen) atoms. The van der Waals surface area contributed by atoms with Crippen LogP contribution in [0.25, 0.3) is 0 Å². The molecule has 0 aromatic heterocycles. The number of nitrogens with zero attached hydrogens (tertiary/aromatic N) is 2. The van der Waals surface area contributed by atoms with Crippen molar-refractivity contribution in [1.82, 2.24) is 10.6 Å². The molecular formula is C37H39F3N4O7S. The van der Waals surface area contributed by atoms with Crippen molar-refractivity contribution in [3.63, 3.8) is 0 Å². The van der Waals surface area contributed by atoms with Crippen LogP contribution >= 0.6 is 0 Å². The number of para-hydroxylation sites is 1. The summed E-state index contributed by atoms with van der Waals surface area (Å²) in [6, 6.07) is 26.0. The van der Waals surface area contributed by atoms with Gasteiger partial charge in [-0.05, 0) is 60.4 Å². The number of aliphatic hydroxyl groups is 1. The molecule has 2 amide bonds. The largest absolute Gasteiger partial charge is 0.483 e. The van der Waals surface area contributed by atoms with Crippen molar-refractivity contribution in [3.8, 4) is 0 Å². The molecule has 1 saturated heterocycles. The molecule has 1 aliphatic rings. The molecular weight excluding hydrogens is 701 g/mol. The minimum atomic E-state index is -4.49. The summed E-state index contributed by atoms with van der Waals surface area (Å²) >= 11 is 0. The fourth-order valence-electron chi connectivity index (χ4n) is 5.78. The molecule has 0 spiro atoms. The molecule has 4 aromatic rings. The topological polar surface area (TPSA) is 156 Å². The van der Waals surface area contributed by atoms with Gasteiger partial charge in [-0.15, -0.1) is 0 Å². The lowest BCUT2D eigenvalue weighted by atomic mass is 10.00. The number of anilines is 3. The van der Waals surface area contributed by atoms with Gasteiger partial charge >= 0.3 is 6.18 Å². The number of carbonyl (C=O) groups is 3. The Morgan fingerprint density at radius 3 is 2.17 bits per heavy atom. The highest BCUT2D eigenvalue weighted by Crippen LogP contribution is 2.34. The number of rotatable bonds is 13. The van der Waals surface area contributed by atoms with E-state index in [-0.39, 0.29) is 43.1 Å². The van der Waals surface area contributed by atoms with Gasteiger partial charge in [-0.3, -0.25) is 14.4 Å². The molecule has 0 radical (unpaired) electrons. The Labute approximate surface area is 299 Å². The quantitative estimate of drug-likeness (QED) is 0.138. The van der Waals surface area contributed by atoms with E-state index in [1.165, 1.54) is 23.1 Å². The summed E-state index contributed by atoms with van der Waals surface area (Å²) < 4.78 is 66.9. The van der Waals surface area contributed by atoms with Gasteiger partial charge in [0.2, 0.25) is 15.9 Å². The fourth-order valence-corrected chi connectivity index (χ4v) is 6.78. The molecule has 276 valence electrons. The predicted molar refractivity (Wildman–Crippen MR) is 191 cm³/mol. The average molecular weight is 741 g/mol. The highest BCUT2D eigenvalue weighted by Gasteiger charge is 2.31. The number of hydrogen-bond acceptors (Lipinski definition) is 7. The molecule has 11 nitrogen and oxygen atoms in total. The number of amides is 2. The zero-order valence-electron chi connectivity index (χ0n) is 28.2. The van der Waals surface area contributed by atoms with Crippen LogP contribution in [0.15, 0.2) is 103 Å². The summed E-state index contributed by atoms with van der Waals surface area (Å²) in [6.45, 7) is 0.140. The van der Waals surface area contributed by atoms with Crippen molar-refractivity contribution in [3.05, 3.63) is 125 Å². The molecule has 5 rings (SSSR count). The first-order valence-electron chi connectivity index (χ1n) is 16.2. The van der Waals surface area contributed by atoms with Gasteiger partial charge < -0.3 is 25.7 Å². The molecule has 0 bridgehead atoms. The lowest BCUT2D eigenvalue weighted by Crippen LogP contribution is -2.48. The summed E-state index contributed by atoms with van der Waals surface area (Å²) in [7, 11) is -3.90. The van der Waals surface area contributed by atoms with Crippen LogP contribution in [-0.4, -0.2) is 68.4 Å². The number of hydrogen-bond donors (Lipinski definition) is 4. The monoisotopic (exact) mass is 740 g/mol. The summed E-state index contributed by atoms with van der Waals surface area (Å²) in [5.41, 5.74) is 1.33. The number of sulfonamides is 1. The molecule has 0 unspecified atom stereocenters. The van der Waals surface area contributed by atoms with E-state index in [4.69, 9.17) is 9.90 Å². The molecule has 4 aromatic carbocycles. The van der Waals surface area contributed by atoms with Crippen LogP contribution in [0, 0.1) is 0 Å². The van der Waals surface area contributed by atoms with E-state index in [0.29, 0.717) is 36.3 Å². The first-order valence-corrected chi connectivity index (χ1v) is 18.0. The zero-order chi connectivity index (χ0) is 37.9. The van der Waals surface area contributed by atoms with Crippen molar-refractivity contribution in [2.24, 2.45) is 0 Å². The van der Waals surface area contributed by atoms with Crippen LogP contribution in [0.5, 0.6) is 0 Å². The number of benzene rings is 4. The number of halogens is 3. The first kappa shape index (κ1) is 39.5. The summed E-state index contributed by atoms with van der Waals surface area (Å²) in [4.78, 5) is 36.6.